The summed E-state index contributed by atoms with van der Waals surface area (Å²) in [7, 11) is 1.79. The van der Waals surface area contributed by atoms with Crippen molar-refractivity contribution in [1.29, 1.82) is 0 Å². The molecule has 2 N–H and O–H groups in total. The van der Waals surface area contributed by atoms with Crippen LogP contribution in [0.5, 0.6) is 0 Å². The SMILES string of the molecule is Cc1ccc(C(=O)N[C@@H](c2nnc(SCC(=O)Nc3ccc(Cl)c(F)c3)n2C)C(C)C)cc1. The van der Waals surface area contributed by atoms with Crippen molar-refractivity contribution < 1.29 is 14.0 Å². The molecule has 0 aliphatic rings. The van der Waals surface area contributed by atoms with Gasteiger partial charge in [-0.3, -0.25) is 9.59 Å². The lowest BCUT2D eigenvalue weighted by Gasteiger charge is -2.21. The average Bonchev–Trinajstić information content (AvgIpc) is 3.13. The molecule has 10 heteroatoms. The van der Waals surface area contributed by atoms with Crippen LogP contribution in [0.15, 0.2) is 47.6 Å². The molecule has 7 nitrogen and oxygen atoms in total. The number of benzene rings is 2. The van der Waals surface area contributed by atoms with E-state index in [9.17, 15) is 14.0 Å². The number of carbonyl (C=O) groups is 2. The molecule has 0 aliphatic carbocycles. The highest BCUT2D eigenvalue weighted by atomic mass is 35.5. The number of rotatable bonds is 8. The van der Waals surface area contributed by atoms with Gasteiger partial charge in [0.1, 0.15) is 5.82 Å². The zero-order valence-electron chi connectivity index (χ0n) is 18.7. The van der Waals surface area contributed by atoms with Crippen LogP contribution in [0.1, 0.15) is 41.6 Å². The van der Waals surface area contributed by atoms with Gasteiger partial charge in [0.2, 0.25) is 5.91 Å². The van der Waals surface area contributed by atoms with Crippen molar-refractivity contribution >= 4 is 40.9 Å². The molecular formula is C23H25ClFN5O2S. The molecule has 2 amide bonds. The van der Waals surface area contributed by atoms with E-state index in [1.165, 1.54) is 23.9 Å². The molecule has 0 unspecified atom stereocenters. The summed E-state index contributed by atoms with van der Waals surface area (Å²) < 4.78 is 15.3. The normalized spacial score (nSPS) is 12.0. The summed E-state index contributed by atoms with van der Waals surface area (Å²) in [6.07, 6.45) is 0. The smallest absolute Gasteiger partial charge is 0.251 e. The first kappa shape index (κ1) is 24.7. The lowest BCUT2D eigenvalue weighted by molar-refractivity contribution is -0.113. The molecule has 0 bridgehead atoms. The van der Waals surface area contributed by atoms with Crippen molar-refractivity contribution in [1.82, 2.24) is 20.1 Å². The number of halogens is 2. The highest BCUT2D eigenvalue weighted by molar-refractivity contribution is 7.99. The van der Waals surface area contributed by atoms with Gasteiger partial charge in [-0.05, 0) is 43.2 Å². The number of aryl methyl sites for hydroxylation is 1. The molecule has 0 saturated heterocycles. The molecular weight excluding hydrogens is 465 g/mol. The molecule has 2 aromatic carbocycles. The van der Waals surface area contributed by atoms with Crippen LogP contribution in [0.4, 0.5) is 10.1 Å². The van der Waals surface area contributed by atoms with E-state index in [2.05, 4.69) is 20.8 Å². The highest BCUT2D eigenvalue weighted by Gasteiger charge is 2.25. The summed E-state index contributed by atoms with van der Waals surface area (Å²) in [4.78, 5) is 25.0. The number of hydrogen-bond acceptors (Lipinski definition) is 5. The van der Waals surface area contributed by atoms with E-state index in [1.54, 1.807) is 23.7 Å². The average molecular weight is 490 g/mol. The van der Waals surface area contributed by atoms with Crippen LogP contribution in [0.2, 0.25) is 5.02 Å². The molecule has 0 saturated carbocycles. The lowest BCUT2D eigenvalue weighted by atomic mass is 10.0. The quantitative estimate of drug-likeness (QED) is 0.445. The van der Waals surface area contributed by atoms with E-state index in [4.69, 9.17) is 11.6 Å². The largest absolute Gasteiger partial charge is 0.342 e. The summed E-state index contributed by atoms with van der Waals surface area (Å²) in [6.45, 7) is 5.94. The third kappa shape index (κ3) is 6.33. The van der Waals surface area contributed by atoms with E-state index in [0.29, 0.717) is 22.2 Å². The zero-order valence-corrected chi connectivity index (χ0v) is 20.3. The second kappa shape index (κ2) is 10.8. The summed E-state index contributed by atoms with van der Waals surface area (Å²) in [5.41, 5.74) is 1.96. The fraction of sp³-hybridized carbons (Fsp3) is 0.304. The molecule has 174 valence electrons. The Morgan fingerprint density at radius 3 is 2.48 bits per heavy atom. The van der Waals surface area contributed by atoms with Gasteiger partial charge in [0.05, 0.1) is 16.8 Å². The summed E-state index contributed by atoms with van der Waals surface area (Å²) in [5.74, 6) is -0.415. The maximum atomic E-state index is 13.6. The molecule has 1 heterocycles. The van der Waals surface area contributed by atoms with Gasteiger partial charge >= 0.3 is 0 Å². The van der Waals surface area contributed by atoms with Crippen LogP contribution in [-0.2, 0) is 11.8 Å². The van der Waals surface area contributed by atoms with Crippen molar-refractivity contribution in [3.8, 4) is 0 Å². The van der Waals surface area contributed by atoms with E-state index >= 15 is 0 Å². The molecule has 0 spiro atoms. The highest BCUT2D eigenvalue weighted by Crippen LogP contribution is 2.25. The van der Waals surface area contributed by atoms with Gasteiger partial charge in [-0.1, -0.05) is 54.9 Å². The molecule has 0 radical (unpaired) electrons. The number of aromatic nitrogens is 3. The van der Waals surface area contributed by atoms with Gasteiger partial charge in [-0.2, -0.15) is 0 Å². The number of thioether (sulfide) groups is 1. The maximum absolute atomic E-state index is 13.6. The number of nitrogens with one attached hydrogen (secondary N) is 2. The number of hydrogen-bond donors (Lipinski definition) is 2. The van der Waals surface area contributed by atoms with Crippen molar-refractivity contribution in [3.63, 3.8) is 0 Å². The predicted molar refractivity (Wildman–Crippen MR) is 128 cm³/mol. The molecule has 3 aromatic rings. The first-order valence-corrected chi connectivity index (χ1v) is 11.7. The van der Waals surface area contributed by atoms with Crippen LogP contribution in [0, 0.1) is 18.7 Å². The Kier molecular flexibility index (Phi) is 8.10. The van der Waals surface area contributed by atoms with Gasteiger partial charge in [0.15, 0.2) is 11.0 Å². The minimum atomic E-state index is -0.604. The zero-order chi connectivity index (χ0) is 24.1. The fourth-order valence-corrected chi connectivity index (χ4v) is 3.92. The summed E-state index contributed by atoms with van der Waals surface area (Å²) >= 11 is 6.86. The molecule has 0 fully saturated rings. The van der Waals surface area contributed by atoms with Gasteiger partial charge in [0.25, 0.3) is 5.91 Å². The molecule has 3 rings (SSSR count). The second-order valence-electron chi connectivity index (χ2n) is 7.93. The summed E-state index contributed by atoms with van der Waals surface area (Å²) in [6, 6.07) is 11.0. The Morgan fingerprint density at radius 2 is 1.85 bits per heavy atom. The Labute approximate surface area is 201 Å². The van der Waals surface area contributed by atoms with Crippen LogP contribution in [-0.4, -0.2) is 32.3 Å². The van der Waals surface area contributed by atoms with Gasteiger partial charge in [-0.25, -0.2) is 4.39 Å². The number of amides is 2. The number of carbonyl (C=O) groups excluding carboxylic acids is 2. The molecule has 1 aromatic heterocycles. The van der Waals surface area contributed by atoms with Crippen LogP contribution in [0.3, 0.4) is 0 Å². The third-order valence-corrected chi connectivity index (χ3v) is 6.28. The topological polar surface area (TPSA) is 88.9 Å². The molecule has 0 aliphatic heterocycles. The van der Waals surface area contributed by atoms with Crippen molar-refractivity contribution in [2.24, 2.45) is 13.0 Å². The van der Waals surface area contributed by atoms with Gasteiger partial charge < -0.3 is 15.2 Å². The van der Waals surface area contributed by atoms with Gasteiger partial charge in [-0.15, -0.1) is 10.2 Å². The number of anilines is 1. The minimum Gasteiger partial charge on any atom is -0.342 e. The van der Waals surface area contributed by atoms with Crippen molar-refractivity contribution in [3.05, 3.63) is 70.3 Å². The standard InChI is InChI=1S/C23H25ClFN5O2S/c1-13(2)20(27-22(32)15-7-5-14(3)6-8-15)21-28-29-23(30(21)4)33-12-19(31)26-16-9-10-17(24)18(25)11-16/h5-11,13,20H,12H2,1-4H3,(H,26,31)(H,27,32)/t20-/m1/s1. The van der Waals surface area contributed by atoms with Crippen LogP contribution < -0.4 is 10.6 Å². The Morgan fingerprint density at radius 1 is 1.15 bits per heavy atom. The first-order chi connectivity index (χ1) is 15.7. The lowest BCUT2D eigenvalue weighted by Crippen LogP contribution is -2.33. The summed E-state index contributed by atoms with van der Waals surface area (Å²) in [5, 5.41) is 14.6. The monoisotopic (exact) mass is 489 g/mol. The van der Waals surface area contributed by atoms with E-state index < -0.39 is 5.82 Å². The van der Waals surface area contributed by atoms with E-state index in [1.807, 2.05) is 32.9 Å². The maximum Gasteiger partial charge on any atom is 0.251 e. The van der Waals surface area contributed by atoms with Crippen LogP contribution >= 0.6 is 23.4 Å². The minimum absolute atomic E-state index is 0.0110. The Bertz CT molecular complexity index is 1150. The van der Waals surface area contributed by atoms with Crippen LogP contribution in [0.25, 0.3) is 0 Å². The fourth-order valence-electron chi connectivity index (χ4n) is 3.08. The second-order valence-corrected chi connectivity index (χ2v) is 9.28. The van der Waals surface area contributed by atoms with E-state index in [-0.39, 0.29) is 34.5 Å². The van der Waals surface area contributed by atoms with E-state index in [0.717, 1.165) is 11.6 Å². The number of nitrogens with zero attached hydrogens (tertiary/aromatic N) is 3. The predicted octanol–water partition coefficient (Wildman–Crippen LogP) is 4.77. The first-order valence-electron chi connectivity index (χ1n) is 10.3. The Hall–Kier alpha value is -2.91. The Balaban J connectivity index is 1.65. The van der Waals surface area contributed by atoms with Crippen molar-refractivity contribution in [2.45, 2.75) is 32.0 Å². The van der Waals surface area contributed by atoms with Crippen molar-refractivity contribution in [2.75, 3.05) is 11.1 Å². The van der Waals surface area contributed by atoms with Gasteiger partial charge in [0, 0.05) is 18.3 Å². The third-order valence-electron chi connectivity index (χ3n) is 4.95. The molecule has 1 atom stereocenters. The molecule has 33 heavy (non-hydrogen) atoms.